The number of anilines is 1. The molecule has 0 unspecified atom stereocenters. The lowest BCUT2D eigenvalue weighted by Crippen LogP contribution is -2.20. The number of methoxy groups -OCH3 is 2. The van der Waals surface area contributed by atoms with Gasteiger partial charge in [-0.25, -0.2) is 0 Å². The minimum absolute atomic E-state index is 0.102. The van der Waals surface area contributed by atoms with Crippen LogP contribution in [-0.4, -0.2) is 36.1 Å². The lowest BCUT2D eigenvalue weighted by molar-refractivity contribution is -0.118. The van der Waals surface area contributed by atoms with Crippen molar-refractivity contribution in [2.75, 3.05) is 26.1 Å². The van der Waals surface area contributed by atoms with Gasteiger partial charge in [-0.05, 0) is 42.8 Å². The molecule has 0 saturated carbocycles. The number of ether oxygens (including phenoxy) is 3. The van der Waals surface area contributed by atoms with E-state index in [1.165, 1.54) is 0 Å². The number of hydrogen-bond donors (Lipinski definition) is 1. The Hall–Kier alpha value is -3.13. The molecule has 1 N–H and O–H groups in total. The molecule has 0 aliphatic heterocycles. The standard InChI is InChI=1S/C19H19N3O4S/c1-12-5-4-6-14(9-12)26-11-17(23)20-19-21-18(22-27-19)13-7-8-15(24-2)16(10-13)25-3/h4-10H,11H2,1-3H3,(H,20,21,22,23). The number of carbonyl (C=O) groups is 1. The fourth-order valence-electron chi connectivity index (χ4n) is 2.38. The predicted molar refractivity (Wildman–Crippen MR) is 104 cm³/mol. The van der Waals surface area contributed by atoms with Crippen LogP contribution in [0.1, 0.15) is 5.56 Å². The van der Waals surface area contributed by atoms with Crippen molar-refractivity contribution in [2.45, 2.75) is 6.92 Å². The first kappa shape index (κ1) is 18.7. The van der Waals surface area contributed by atoms with Gasteiger partial charge in [0, 0.05) is 17.1 Å². The van der Waals surface area contributed by atoms with Crippen LogP contribution in [0.5, 0.6) is 17.2 Å². The van der Waals surface area contributed by atoms with Gasteiger partial charge in [-0.1, -0.05) is 12.1 Å². The fraction of sp³-hybridized carbons (Fsp3) is 0.211. The van der Waals surface area contributed by atoms with Crippen LogP contribution in [0.2, 0.25) is 0 Å². The highest BCUT2D eigenvalue weighted by atomic mass is 32.1. The zero-order valence-corrected chi connectivity index (χ0v) is 16.0. The highest BCUT2D eigenvalue weighted by Gasteiger charge is 2.12. The zero-order chi connectivity index (χ0) is 19.2. The molecule has 0 aliphatic carbocycles. The summed E-state index contributed by atoms with van der Waals surface area (Å²) in [6.45, 7) is 1.86. The predicted octanol–water partition coefficient (Wildman–Crippen LogP) is 3.55. The van der Waals surface area contributed by atoms with Gasteiger partial charge in [0.1, 0.15) is 5.75 Å². The van der Waals surface area contributed by atoms with Crippen molar-refractivity contribution in [3.05, 3.63) is 48.0 Å². The lowest BCUT2D eigenvalue weighted by atomic mass is 10.2. The Kier molecular flexibility index (Phi) is 5.87. The SMILES string of the molecule is COc1ccc(-c2nsc(NC(=O)COc3cccc(C)c3)n2)cc1OC. The van der Waals surface area contributed by atoms with Crippen LogP contribution >= 0.6 is 11.5 Å². The number of aryl methyl sites for hydroxylation is 1. The molecule has 0 bridgehead atoms. The maximum absolute atomic E-state index is 12.1. The van der Waals surface area contributed by atoms with Crippen LogP contribution in [0.3, 0.4) is 0 Å². The van der Waals surface area contributed by atoms with Crippen molar-refractivity contribution in [2.24, 2.45) is 0 Å². The second-order valence-electron chi connectivity index (χ2n) is 5.65. The van der Waals surface area contributed by atoms with E-state index in [-0.39, 0.29) is 12.5 Å². The minimum atomic E-state index is -0.300. The molecule has 0 radical (unpaired) electrons. The molecule has 140 valence electrons. The van der Waals surface area contributed by atoms with E-state index in [4.69, 9.17) is 14.2 Å². The number of aromatic nitrogens is 2. The van der Waals surface area contributed by atoms with E-state index in [0.717, 1.165) is 22.7 Å². The summed E-state index contributed by atoms with van der Waals surface area (Å²) < 4.78 is 20.3. The summed E-state index contributed by atoms with van der Waals surface area (Å²) in [6, 6.07) is 12.9. The second kappa shape index (κ2) is 8.50. The molecule has 3 aromatic rings. The Morgan fingerprint density at radius 1 is 1.11 bits per heavy atom. The average Bonchev–Trinajstić information content (AvgIpc) is 3.14. The smallest absolute Gasteiger partial charge is 0.264 e. The van der Waals surface area contributed by atoms with Crippen LogP contribution < -0.4 is 19.5 Å². The third-order valence-electron chi connectivity index (χ3n) is 3.67. The Morgan fingerprint density at radius 3 is 2.67 bits per heavy atom. The maximum Gasteiger partial charge on any atom is 0.264 e. The van der Waals surface area contributed by atoms with Gasteiger partial charge in [0.25, 0.3) is 5.91 Å². The van der Waals surface area contributed by atoms with Gasteiger partial charge < -0.3 is 14.2 Å². The van der Waals surface area contributed by atoms with Crippen LogP contribution in [0.4, 0.5) is 5.13 Å². The highest BCUT2D eigenvalue weighted by molar-refractivity contribution is 7.10. The molecule has 2 aromatic carbocycles. The van der Waals surface area contributed by atoms with Gasteiger partial charge in [-0.2, -0.15) is 9.36 Å². The minimum Gasteiger partial charge on any atom is -0.493 e. The molecule has 0 saturated heterocycles. The van der Waals surface area contributed by atoms with Crippen LogP contribution in [0.15, 0.2) is 42.5 Å². The summed E-state index contributed by atoms with van der Waals surface area (Å²) in [5.41, 5.74) is 1.83. The molecule has 0 spiro atoms. The molecule has 8 heteroatoms. The van der Waals surface area contributed by atoms with Gasteiger partial charge in [-0.3, -0.25) is 10.1 Å². The summed E-state index contributed by atoms with van der Waals surface area (Å²) in [5.74, 6) is 2.05. The van der Waals surface area contributed by atoms with Gasteiger partial charge >= 0.3 is 0 Å². The first-order valence-corrected chi connectivity index (χ1v) is 8.92. The molecule has 1 heterocycles. The number of nitrogens with one attached hydrogen (secondary N) is 1. The van der Waals surface area contributed by atoms with Gasteiger partial charge in [0.05, 0.1) is 14.2 Å². The van der Waals surface area contributed by atoms with Crippen molar-refractivity contribution in [1.82, 2.24) is 9.36 Å². The molecule has 27 heavy (non-hydrogen) atoms. The van der Waals surface area contributed by atoms with Crippen molar-refractivity contribution in [3.63, 3.8) is 0 Å². The Labute approximate surface area is 161 Å². The topological polar surface area (TPSA) is 82.6 Å². The maximum atomic E-state index is 12.1. The van der Waals surface area contributed by atoms with E-state index in [1.807, 2.05) is 31.2 Å². The first-order chi connectivity index (χ1) is 13.1. The Morgan fingerprint density at radius 2 is 1.93 bits per heavy atom. The normalized spacial score (nSPS) is 10.3. The number of rotatable bonds is 7. The average molecular weight is 385 g/mol. The molecule has 3 rings (SSSR count). The third-order valence-corrected chi connectivity index (χ3v) is 4.30. The van der Waals surface area contributed by atoms with E-state index in [9.17, 15) is 4.79 Å². The second-order valence-corrected chi connectivity index (χ2v) is 6.40. The zero-order valence-electron chi connectivity index (χ0n) is 15.2. The van der Waals surface area contributed by atoms with Gasteiger partial charge in [-0.15, -0.1) is 0 Å². The fourth-order valence-corrected chi connectivity index (χ4v) is 2.98. The Bertz CT molecular complexity index is 942. The molecule has 7 nitrogen and oxygen atoms in total. The largest absolute Gasteiger partial charge is 0.493 e. The van der Waals surface area contributed by atoms with Crippen molar-refractivity contribution < 1.29 is 19.0 Å². The summed E-state index contributed by atoms with van der Waals surface area (Å²) in [4.78, 5) is 16.4. The molecule has 1 aromatic heterocycles. The number of carbonyl (C=O) groups excluding carboxylic acids is 1. The quantitative estimate of drug-likeness (QED) is 0.670. The monoisotopic (exact) mass is 385 g/mol. The Balaban J connectivity index is 1.63. The van der Waals surface area contributed by atoms with Crippen molar-refractivity contribution in [1.29, 1.82) is 0 Å². The number of nitrogens with zero attached hydrogens (tertiary/aromatic N) is 2. The molecular weight excluding hydrogens is 366 g/mol. The molecule has 0 fully saturated rings. The highest BCUT2D eigenvalue weighted by Crippen LogP contribution is 2.32. The van der Waals surface area contributed by atoms with E-state index in [1.54, 1.807) is 32.4 Å². The summed E-state index contributed by atoms with van der Waals surface area (Å²) in [5, 5.41) is 3.09. The van der Waals surface area contributed by atoms with E-state index >= 15 is 0 Å². The molecule has 1 amide bonds. The first-order valence-electron chi connectivity index (χ1n) is 8.14. The van der Waals surface area contributed by atoms with Crippen molar-refractivity contribution in [3.8, 4) is 28.6 Å². The summed E-state index contributed by atoms with van der Waals surface area (Å²) in [7, 11) is 3.14. The van der Waals surface area contributed by atoms with Crippen molar-refractivity contribution >= 4 is 22.6 Å². The third kappa shape index (κ3) is 4.73. The lowest BCUT2D eigenvalue weighted by Gasteiger charge is -2.07. The molecular formula is C19H19N3O4S. The molecule has 0 aliphatic rings. The van der Waals surface area contributed by atoms with Crippen LogP contribution in [0.25, 0.3) is 11.4 Å². The number of benzene rings is 2. The number of hydrogen-bond acceptors (Lipinski definition) is 7. The van der Waals surface area contributed by atoms with Gasteiger partial charge in [0.15, 0.2) is 23.9 Å². The van der Waals surface area contributed by atoms with Crippen LogP contribution in [-0.2, 0) is 4.79 Å². The van der Waals surface area contributed by atoms with E-state index in [2.05, 4.69) is 14.7 Å². The van der Waals surface area contributed by atoms with Crippen LogP contribution in [0, 0.1) is 6.92 Å². The number of amides is 1. The summed E-state index contributed by atoms with van der Waals surface area (Å²) >= 11 is 1.10. The summed E-state index contributed by atoms with van der Waals surface area (Å²) in [6.07, 6.45) is 0. The van der Waals surface area contributed by atoms with E-state index in [0.29, 0.717) is 28.2 Å². The molecule has 0 atom stereocenters. The van der Waals surface area contributed by atoms with Gasteiger partial charge in [0.2, 0.25) is 5.13 Å². The van der Waals surface area contributed by atoms with E-state index < -0.39 is 0 Å².